The smallest absolute Gasteiger partial charge is 0.0451 e. The third-order valence-corrected chi connectivity index (χ3v) is 6.16. The van der Waals surface area contributed by atoms with E-state index in [-0.39, 0.29) is 0 Å². The van der Waals surface area contributed by atoms with E-state index < -0.39 is 0 Å². The number of aryl methyl sites for hydroxylation is 2. The normalized spacial score (nSPS) is 20.5. The fraction of sp³-hybridized carbons (Fsp3) is 0.625. The molecule has 0 nitrogen and oxygen atoms in total. The van der Waals surface area contributed by atoms with Crippen molar-refractivity contribution in [1.82, 2.24) is 0 Å². The summed E-state index contributed by atoms with van der Waals surface area (Å²) in [6, 6.07) is 6.93. The van der Waals surface area contributed by atoms with Crippen LogP contribution in [0.4, 0.5) is 0 Å². The highest BCUT2D eigenvalue weighted by Gasteiger charge is 2.39. The predicted octanol–water partition coefficient (Wildman–Crippen LogP) is 5.71. The lowest BCUT2D eigenvalue weighted by Gasteiger charge is -2.33. The topological polar surface area (TPSA) is 0 Å². The van der Waals surface area contributed by atoms with Crippen molar-refractivity contribution in [2.45, 2.75) is 57.7 Å². The first-order valence-corrected chi connectivity index (χ1v) is 7.72. The van der Waals surface area contributed by atoms with Crippen molar-refractivity contribution < 1.29 is 0 Å². The van der Waals surface area contributed by atoms with Crippen LogP contribution >= 0.6 is 15.9 Å². The molecule has 1 atom stereocenters. The molecule has 1 aromatic carbocycles. The highest BCUT2D eigenvalue weighted by molar-refractivity contribution is 9.09. The second-order valence-corrected chi connectivity index (χ2v) is 6.54. The monoisotopic (exact) mass is 294 g/mol. The van der Waals surface area contributed by atoms with E-state index in [0.29, 0.717) is 10.2 Å². The lowest BCUT2D eigenvalue weighted by atomic mass is 9.77. The Morgan fingerprint density at radius 3 is 2.35 bits per heavy atom. The van der Waals surface area contributed by atoms with Crippen LogP contribution in [0, 0.1) is 19.3 Å². The van der Waals surface area contributed by atoms with E-state index in [2.05, 4.69) is 54.9 Å². The van der Waals surface area contributed by atoms with Crippen molar-refractivity contribution in [2.75, 3.05) is 0 Å². The van der Waals surface area contributed by atoms with Crippen LogP contribution in [0.15, 0.2) is 18.2 Å². The molecule has 1 unspecified atom stereocenters. The van der Waals surface area contributed by atoms with Crippen LogP contribution in [0.25, 0.3) is 0 Å². The van der Waals surface area contributed by atoms with Crippen LogP contribution in [0.1, 0.15) is 60.5 Å². The molecule has 1 heteroatoms. The summed E-state index contributed by atoms with van der Waals surface area (Å²) in [5.74, 6) is 0. The molecule has 0 amide bonds. The molecule has 0 spiro atoms. The first-order chi connectivity index (χ1) is 8.09. The Kier molecular flexibility index (Phi) is 3.97. The molecule has 1 saturated carbocycles. The van der Waals surface area contributed by atoms with Gasteiger partial charge in [-0.05, 0) is 55.2 Å². The molecule has 94 valence electrons. The van der Waals surface area contributed by atoms with Gasteiger partial charge in [-0.3, -0.25) is 0 Å². The summed E-state index contributed by atoms with van der Waals surface area (Å²) in [6.45, 7) is 6.75. The summed E-state index contributed by atoms with van der Waals surface area (Å²) in [7, 11) is 0. The summed E-state index contributed by atoms with van der Waals surface area (Å²) < 4.78 is 0. The molecular formula is C16H23Br. The Labute approximate surface area is 114 Å². The average Bonchev–Trinajstić information content (AvgIpc) is 2.81. The Morgan fingerprint density at radius 1 is 1.18 bits per heavy atom. The number of hydrogen-bond donors (Lipinski definition) is 0. The van der Waals surface area contributed by atoms with Gasteiger partial charge in [0.15, 0.2) is 0 Å². The lowest BCUT2D eigenvalue weighted by molar-refractivity contribution is 0.279. The maximum absolute atomic E-state index is 3.99. The Bertz CT molecular complexity index is 389. The standard InChI is InChI=1S/C16H23Br/c1-4-16(9-5-6-10-16)15(17)14-8-7-12(2)13(3)11-14/h7-8,11,15H,4-6,9-10H2,1-3H3. The second kappa shape index (κ2) is 5.14. The third kappa shape index (κ3) is 2.45. The van der Waals surface area contributed by atoms with E-state index in [1.54, 1.807) is 0 Å². The van der Waals surface area contributed by atoms with Gasteiger partial charge in [0.05, 0.1) is 0 Å². The zero-order valence-electron chi connectivity index (χ0n) is 11.2. The van der Waals surface area contributed by atoms with Crippen LogP contribution < -0.4 is 0 Å². The quantitative estimate of drug-likeness (QED) is 0.626. The van der Waals surface area contributed by atoms with Crippen LogP contribution in [0.3, 0.4) is 0 Å². The van der Waals surface area contributed by atoms with Gasteiger partial charge in [-0.15, -0.1) is 0 Å². The van der Waals surface area contributed by atoms with E-state index in [9.17, 15) is 0 Å². The van der Waals surface area contributed by atoms with Crippen LogP contribution in [-0.4, -0.2) is 0 Å². The SMILES string of the molecule is CCC1(C(Br)c2ccc(C)c(C)c2)CCCC1. The molecule has 1 aliphatic carbocycles. The molecule has 2 rings (SSSR count). The Balaban J connectivity index is 2.29. The van der Waals surface area contributed by atoms with Gasteiger partial charge in [-0.2, -0.15) is 0 Å². The summed E-state index contributed by atoms with van der Waals surface area (Å²) in [5.41, 5.74) is 4.78. The summed E-state index contributed by atoms with van der Waals surface area (Å²) in [6.07, 6.45) is 6.86. The fourth-order valence-electron chi connectivity index (χ4n) is 3.14. The Morgan fingerprint density at radius 2 is 1.82 bits per heavy atom. The highest BCUT2D eigenvalue weighted by Crippen LogP contribution is 2.54. The zero-order chi connectivity index (χ0) is 12.5. The largest absolute Gasteiger partial charge is 0.0833 e. The number of benzene rings is 1. The molecule has 17 heavy (non-hydrogen) atoms. The minimum Gasteiger partial charge on any atom is -0.0833 e. The maximum atomic E-state index is 3.99. The molecule has 1 aliphatic rings. The summed E-state index contributed by atoms with van der Waals surface area (Å²) in [4.78, 5) is 0.529. The van der Waals surface area contributed by atoms with Crippen LogP contribution in [0.2, 0.25) is 0 Å². The van der Waals surface area contributed by atoms with Gasteiger partial charge in [0.25, 0.3) is 0 Å². The van der Waals surface area contributed by atoms with Gasteiger partial charge in [-0.25, -0.2) is 0 Å². The first kappa shape index (κ1) is 13.1. The summed E-state index contributed by atoms with van der Waals surface area (Å²) in [5, 5.41) is 0. The number of alkyl halides is 1. The van der Waals surface area contributed by atoms with Crippen LogP contribution in [0.5, 0.6) is 0 Å². The van der Waals surface area contributed by atoms with Crippen LogP contribution in [-0.2, 0) is 0 Å². The molecule has 0 radical (unpaired) electrons. The van der Waals surface area contributed by atoms with Gasteiger partial charge in [0, 0.05) is 4.83 Å². The van der Waals surface area contributed by atoms with Crippen molar-refractivity contribution in [3.8, 4) is 0 Å². The average molecular weight is 295 g/mol. The van der Waals surface area contributed by atoms with Crippen molar-refractivity contribution in [3.05, 3.63) is 34.9 Å². The van der Waals surface area contributed by atoms with Crippen molar-refractivity contribution in [2.24, 2.45) is 5.41 Å². The fourth-order valence-corrected chi connectivity index (χ4v) is 4.21. The minimum atomic E-state index is 0.502. The van der Waals surface area contributed by atoms with Gasteiger partial charge >= 0.3 is 0 Å². The molecular weight excluding hydrogens is 272 g/mol. The maximum Gasteiger partial charge on any atom is 0.0451 e. The van der Waals surface area contributed by atoms with Crippen molar-refractivity contribution >= 4 is 15.9 Å². The lowest BCUT2D eigenvalue weighted by Crippen LogP contribution is -2.21. The third-order valence-electron chi connectivity index (χ3n) is 4.66. The Hall–Kier alpha value is -0.300. The summed E-state index contributed by atoms with van der Waals surface area (Å²) >= 11 is 3.99. The van der Waals surface area contributed by atoms with Gasteiger partial charge < -0.3 is 0 Å². The van der Waals surface area contributed by atoms with Gasteiger partial charge in [-0.1, -0.05) is 53.9 Å². The molecule has 0 aliphatic heterocycles. The van der Waals surface area contributed by atoms with E-state index in [1.807, 2.05) is 0 Å². The highest BCUT2D eigenvalue weighted by atomic mass is 79.9. The zero-order valence-corrected chi connectivity index (χ0v) is 12.8. The first-order valence-electron chi connectivity index (χ1n) is 6.80. The molecule has 0 N–H and O–H groups in total. The van der Waals surface area contributed by atoms with E-state index in [1.165, 1.54) is 48.8 Å². The van der Waals surface area contributed by atoms with Gasteiger partial charge in [0.1, 0.15) is 0 Å². The van der Waals surface area contributed by atoms with Gasteiger partial charge in [0.2, 0.25) is 0 Å². The van der Waals surface area contributed by atoms with Crippen molar-refractivity contribution in [3.63, 3.8) is 0 Å². The molecule has 0 bridgehead atoms. The second-order valence-electron chi connectivity index (χ2n) is 5.63. The molecule has 1 aromatic rings. The molecule has 0 aromatic heterocycles. The predicted molar refractivity (Wildman–Crippen MR) is 78.8 cm³/mol. The number of halogens is 1. The molecule has 0 saturated heterocycles. The minimum absolute atomic E-state index is 0.502. The van der Waals surface area contributed by atoms with E-state index in [4.69, 9.17) is 0 Å². The molecule has 0 heterocycles. The number of hydrogen-bond acceptors (Lipinski definition) is 0. The molecule has 1 fully saturated rings. The van der Waals surface area contributed by atoms with E-state index in [0.717, 1.165) is 0 Å². The van der Waals surface area contributed by atoms with Crippen molar-refractivity contribution in [1.29, 1.82) is 0 Å². The number of rotatable bonds is 3. The van der Waals surface area contributed by atoms with E-state index >= 15 is 0 Å².